The van der Waals surface area contributed by atoms with Crippen molar-refractivity contribution in [2.24, 2.45) is 0 Å². The van der Waals surface area contributed by atoms with Crippen molar-refractivity contribution < 1.29 is 4.74 Å². The van der Waals surface area contributed by atoms with Gasteiger partial charge < -0.3 is 4.74 Å². The standard InChI is InChI=1S/C11H13BrO/c1-7-4-9(12)5-8-6-13-11(2,3)10(7)8/h4-5H,6H2,1-3H3. The van der Waals surface area contributed by atoms with Gasteiger partial charge >= 0.3 is 0 Å². The Hall–Kier alpha value is -0.340. The van der Waals surface area contributed by atoms with Gasteiger partial charge in [-0.15, -0.1) is 0 Å². The van der Waals surface area contributed by atoms with Gasteiger partial charge in [0, 0.05) is 4.47 Å². The van der Waals surface area contributed by atoms with Crippen molar-refractivity contribution in [2.45, 2.75) is 33.0 Å². The second-order valence-corrected chi connectivity index (χ2v) is 4.97. The van der Waals surface area contributed by atoms with E-state index in [2.05, 4.69) is 48.8 Å². The zero-order valence-electron chi connectivity index (χ0n) is 8.15. The number of ether oxygens (including phenoxy) is 1. The normalized spacial score (nSPS) is 18.8. The van der Waals surface area contributed by atoms with Crippen LogP contribution in [0.2, 0.25) is 0 Å². The minimum absolute atomic E-state index is 0.111. The first-order valence-electron chi connectivity index (χ1n) is 4.44. The van der Waals surface area contributed by atoms with Gasteiger partial charge in [-0.2, -0.15) is 0 Å². The fourth-order valence-electron chi connectivity index (χ4n) is 2.12. The maximum absolute atomic E-state index is 5.73. The molecule has 1 heterocycles. The molecule has 0 aliphatic carbocycles. The van der Waals surface area contributed by atoms with Crippen molar-refractivity contribution in [2.75, 3.05) is 0 Å². The Labute approximate surface area is 87.2 Å². The highest BCUT2D eigenvalue weighted by molar-refractivity contribution is 9.10. The van der Waals surface area contributed by atoms with Crippen molar-refractivity contribution in [1.29, 1.82) is 0 Å². The second kappa shape index (κ2) is 2.82. The van der Waals surface area contributed by atoms with Crippen molar-refractivity contribution in [3.8, 4) is 0 Å². The highest BCUT2D eigenvalue weighted by atomic mass is 79.9. The third-order valence-corrected chi connectivity index (χ3v) is 3.03. The molecule has 1 aliphatic rings. The molecular weight excluding hydrogens is 228 g/mol. The zero-order chi connectivity index (χ0) is 9.64. The molecule has 0 bridgehead atoms. The van der Waals surface area contributed by atoms with E-state index in [1.54, 1.807) is 0 Å². The average molecular weight is 241 g/mol. The molecule has 13 heavy (non-hydrogen) atoms. The number of hydrogen-bond acceptors (Lipinski definition) is 1. The summed E-state index contributed by atoms with van der Waals surface area (Å²) >= 11 is 3.50. The maximum atomic E-state index is 5.73. The molecule has 70 valence electrons. The first kappa shape index (κ1) is 9.22. The van der Waals surface area contributed by atoms with E-state index in [4.69, 9.17) is 4.74 Å². The lowest BCUT2D eigenvalue weighted by Gasteiger charge is -2.20. The van der Waals surface area contributed by atoms with Gasteiger partial charge in [0.1, 0.15) is 0 Å². The predicted octanol–water partition coefficient (Wildman–Crippen LogP) is 3.52. The van der Waals surface area contributed by atoms with Crippen molar-refractivity contribution in [1.82, 2.24) is 0 Å². The highest BCUT2D eigenvalue weighted by Gasteiger charge is 2.32. The van der Waals surface area contributed by atoms with Crippen LogP contribution in [-0.2, 0) is 16.9 Å². The van der Waals surface area contributed by atoms with Crippen LogP contribution in [0.1, 0.15) is 30.5 Å². The zero-order valence-corrected chi connectivity index (χ0v) is 9.73. The van der Waals surface area contributed by atoms with Crippen LogP contribution in [0.4, 0.5) is 0 Å². The summed E-state index contributed by atoms with van der Waals surface area (Å²) in [5.41, 5.74) is 3.87. The maximum Gasteiger partial charge on any atom is 0.0885 e. The third-order valence-electron chi connectivity index (χ3n) is 2.57. The van der Waals surface area contributed by atoms with Crippen molar-refractivity contribution in [3.05, 3.63) is 33.3 Å². The van der Waals surface area contributed by atoms with Crippen LogP contribution in [-0.4, -0.2) is 0 Å². The van der Waals surface area contributed by atoms with Gasteiger partial charge in [-0.1, -0.05) is 15.9 Å². The molecule has 1 aliphatic heterocycles. The van der Waals surface area contributed by atoms with E-state index in [0.717, 1.165) is 11.1 Å². The fourth-order valence-corrected chi connectivity index (χ4v) is 2.74. The van der Waals surface area contributed by atoms with E-state index in [-0.39, 0.29) is 5.60 Å². The van der Waals surface area contributed by atoms with Gasteiger partial charge in [0.15, 0.2) is 0 Å². The minimum Gasteiger partial charge on any atom is -0.366 e. The third kappa shape index (κ3) is 1.42. The predicted molar refractivity (Wildman–Crippen MR) is 56.7 cm³/mol. The van der Waals surface area contributed by atoms with Gasteiger partial charge in [0.2, 0.25) is 0 Å². The molecule has 1 aromatic rings. The molecular formula is C11H13BrO. The van der Waals surface area contributed by atoms with E-state index in [1.165, 1.54) is 16.7 Å². The van der Waals surface area contributed by atoms with Crippen molar-refractivity contribution in [3.63, 3.8) is 0 Å². The first-order chi connectivity index (χ1) is 6.00. The van der Waals surface area contributed by atoms with Crippen LogP contribution in [0.3, 0.4) is 0 Å². The Morgan fingerprint density at radius 1 is 1.38 bits per heavy atom. The molecule has 0 saturated carbocycles. The molecule has 0 amide bonds. The van der Waals surface area contributed by atoms with E-state index in [9.17, 15) is 0 Å². The summed E-state index contributed by atoms with van der Waals surface area (Å²) in [6.07, 6.45) is 0. The summed E-state index contributed by atoms with van der Waals surface area (Å²) in [7, 11) is 0. The SMILES string of the molecule is Cc1cc(Br)cc2c1C(C)(C)OC2. The summed E-state index contributed by atoms with van der Waals surface area (Å²) in [5, 5.41) is 0. The second-order valence-electron chi connectivity index (χ2n) is 4.06. The molecule has 2 heteroatoms. The molecule has 0 unspecified atom stereocenters. The Balaban J connectivity index is 2.65. The minimum atomic E-state index is -0.111. The monoisotopic (exact) mass is 240 g/mol. The summed E-state index contributed by atoms with van der Waals surface area (Å²) in [5.74, 6) is 0. The highest BCUT2D eigenvalue weighted by Crippen LogP contribution is 2.39. The molecule has 0 radical (unpaired) electrons. The molecule has 0 N–H and O–H groups in total. The van der Waals surface area contributed by atoms with Gasteiger partial charge in [-0.3, -0.25) is 0 Å². The lowest BCUT2D eigenvalue weighted by molar-refractivity contribution is -0.00818. The molecule has 1 aromatic carbocycles. The fraction of sp³-hybridized carbons (Fsp3) is 0.455. The van der Waals surface area contributed by atoms with E-state index in [1.807, 2.05) is 0 Å². The number of halogens is 1. The smallest absolute Gasteiger partial charge is 0.0885 e. The lowest BCUT2D eigenvalue weighted by Crippen LogP contribution is -2.15. The van der Waals surface area contributed by atoms with E-state index < -0.39 is 0 Å². The van der Waals surface area contributed by atoms with Gasteiger partial charge in [-0.05, 0) is 49.6 Å². The molecule has 0 atom stereocenters. The quantitative estimate of drug-likeness (QED) is 0.675. The van der Waals surface area contributed by atoms with E-state index in [0.29, 0.717) is 0 Å². The number of benzene rings is 1. The van der Waals surface area contributed by atoms with Gasteiger partial charge in [0.25, 0.3) is 0 Å². The summed E-state index contributed by atoms with van der Waals surface area (Å²) < 4.78 is 6.87. The van der Waals surface area contributed by atoms with Crippen LogP contribution in [0.15, 0.2) is 16.6 Å². The first-order valence-corrected chi connectivity index (χ1v) is 5.23. The Morgan fingerprint density at radius 2 is 2.08 bits per heavy atom. The van der Waals surface area contributed by atoms with Crippen LogP contribution in [0.25, 0.3) is 0 Å². The molecule has 0 saturated heterocycles. The summed E-state index contributed by atoms with van der Waals surface area (Å²) in [6.45, 7) is 7.13. The van der Waals surface area contributed by atoms with Crippen LogP contribution in [0, 0.1) is 6.92 Å². The Kier molecular flexibility index (Phi) is 2.00. The Morgan fingerprint density at radius 3 is 2.77 bits per heavy atom. The van der Waals surface area contributed by atoms with Gasteiger partial charge in [-0.25, -0.2) is 0 Å². The largest absolute Gasteiger partial charge is 0.366 e. The van der Waals surface area contributed by atoms with Gasteiger partial charge in [0.05, 0.1) is 12.2 Å². The summed E-state index contributed by atoms with van der Waals surface area (Å²) in [4.78, 5) is 0. The Bertz CT molecular complexity index is 355. The topological polar surface area (TPSA) is 9.23 Å². The molecule has 1 nitrogen and oxygen atoms in total. The van der Waals surface area contributed by atoms with Crippen LogP contribution >= 0.6 is 15.9 Å². The molecule has 2 rings (SSSR count). The van der Waals surface area contributed by atoms with E-state index >= 15 is 0 Å². The number of aryl methyl sites for hydroxylation is 1. The molecule has 0 spiro atoms. The van der Waals surface area contributed by atoms with Crippen LogP contribution in [0.5, 0.6) is 0 Å². The average Bonchev–Trinajstić information content (AvgIpc) is 2.26. The van der Waals surface area contributed by atoms with Crippen LogP contribution < -0.4 is 0 Å². The molecule has 0 aromatic heterocycles. The van der Waals surface area contributed by atoms with Crippen molar-refractivity contribution >= 4 is 15.9 Å². The summed E-state index contributed by atoms with van der Waals surface area (Å²) in [6, 6.07) is 4.30. The number of rotatable bonds is 0. The lowest BCUT2D eigenvalue weighted by atomic mass is 9.92. The number of fused-ring (bicyclic) bond motifs is 1. The molecule has 0 fully saturated rings. The number of hydrogen-bond donors (Lipinski definition) is 0.